The summed E-state index contributed by atoms with van der Waals surface area (Å²) in [5.74, 6) is 0. The number of nitrogens with one attached hydrogen (secondary N) is 2. The van der Waals surface area contributed by atoms with Gasteiger partial charge in [0.15, 0.2) is 0 Å². The Morgan fingerprint density at radius 3 is 3.06 bits per heavy atom. The van der Waals surface area contributed by atoms with Crippen LogP contribution in [-0.2, 0) is 0 Å². The third-order valence-electron chi connectivity index (χ3n) is 2.68. The number of urea groups is 1. The fourth-order valence-corrected chi connectivity index (χ4v) is 1.99. The second kappa shape index (κ2) is 5.89. The normalized spacial score (nSPS) is 16.4. The summed E-state index contributed by atoms with van der Waals surface area (Å²) >= 11 is 5.86. The van der Waals surface area contributed by atoms with Crippen molar-refractivity contribution in [2.75, 3.05) is 18.4 Å². The molecule has 92 valence electrons. The lowest BCUT2D eigenvalue weighted by atomic mass is 10.2. The Kier molecular flexibility index (Phi) is 4.23. The molecule has 0 spiro atoms. The molecule has 2 amide bonds. The first-order valence-electron chi connectivity index (χ1n) is 5.83. The third kappa shape index (κ3) is 3.61. The van der Waals surface area contributed by atoms with Gasteiger partial charge in [-0.3, -0.25) is 5.01 Å². The van der Waals surface area contributed by atoms with E-state index in [1.165, 1.54) is 0 Å². The molecule has 1 aliphatic heterocycles. The highest BCUT2D eigenvalue weighted by Crippen LogP contribution is 2.15. The number of carbonyl (C=O) groups excluding carboxylic acids is 1. The van der Waals surface area contributed by atoms with Crippen molar-refractivity contribution in [3.8, 4) is 0 Å². The van der Waals surface area contributed by atoms with Crippen molar-refractivity contribution >= 4 is 23.3 Å². The fourth-order valence-electron chi connectivity index (χ4n) is 1.80. The minimum atomic E-state index is -0.130. The van der Waals surface area contributed by atoms with E-state index in [9.17, 15) is 4.79 Å². The van der Waals surface area contributed by atoms with Gasteiger partial charge in [-0.15, -0.1) is 0 Å². The molecule has 1 heterocycles. The molecule has 1 fully saturated rings. The van der Waals surface area contributed by atoms with Gasteiger partial charge in [-0.2, -0.15) is 0 Å². The van der Waals surface area contributed by atoms with E-state index in [0.29, 0.717) is 10.7 Å². The Balaban J connectivity index is 1.95. The van der Waals surface area contributed by atoms with Gasteiger partial charge >= 0.3 is 6.03 Å². The van der Waals surface area contributed by atoms with E-state index in [1.807, 2.05) is 12.1 Å². The highest BCUT2D eigenvalue weighted by atomic mass is 35.5. The number of benzene rings is 1. The molecule has 0 bridgehead atoms. The maximum atomic E-state index is 11.9. The number of halogens is 1. The van der Waals surface area contributed by atoms with Crippen molar-refractivity contribution in [3.63, 3.8) is 0 Å². The molecule has 17 heavy (non-hydrogen) atoms. The Morgan fingerprint density at radius 2 is 2.24 bits per heavy atom. The predicted molar refractivity (Wildman–Crippen MR) is 69.0 cm³/mol. The number of nitrogens with zero attached hydrogens (tertiary/aromatic N) is 1. The molecular weight excluding hydrogens is 238 g/mol. The van der Waals surface area contributed by atoms with Crippen LogP contribution in [0.5, 0.6) is 0 Å². The molecule has 2 rings (SSSR count). The highest BCUT2D eigenvalue weighted by Gasteiger charge is 2.14. The molecule has 0 atom stereocenters. The van der Waals surface area contributed by atoms with Gasteiger partial charge in [-0.05, 0) is 31.0 Å². The number of rotatable bonds is 1. The first-order chi connectivity index (χ1) is 8.25. The maximum Gasteiger partial charge on any atom is 0.336 e. The van der Waals surface area contributed by atoms with Gasteiger partial charge in [0.25, 0.3) is 0 Å². The van der Waals surface area contributed by atoms with Crippen LogP contribution >= 0.6 is 11.6 Å². The lowest BCUT2D eigenvalue weighted by Crippen LogP contribution is -2.44. The van der Waals surface area contributed by atoms with Crippen molar-refractivity contribution in [2.45, 2.75) is 19.3 Å². The van der Waals surface area contributed by atoms with Crippen molar-refractivity contribution in [2.24, 2.45) is 0 Å². The molecule has 0 aromatic heterocycles. The Morgan fingerprint density at radius 1 is 1.35 bits per heavy atom. The maximum absolute atomic E-state index is 11.9. The molecular formula is C12H16ClN3O. The second-order valence-corrected chi connectivity index (χ2v) is 4.50. The largest absolute Gasteiger partial charge is 0.336 e. The molecule has 1 aromatic carbocycles. The monoisotopic (exact) mass is 253 g/mol. The zero-order valence-electron chi connectivity index (χ0n) is 9.58. The quantitative estimate of drug-likeness (QED) is 0.808. The van der Waals surface area contributed by atoms with E-state index in [0.717, 1.165) is 32.4 Å². The Hall–Kier alpha value is -1.26. The fraction of sp³-hybridized carbons (Fsp3) is 0.417. The van der Waals surface area contributed by atoms with Crippen LogP contribution in [0.2, 0.25) is 5.02 Å². The topological polar surface area (TPSA) is 44.4 Å². The average molecular weight is 254 g/mol. The summed E-state index contributed by atoms with van der Waals surface area (Å²) in [5, 5.41) is 5.07. The Bertz CT molecular complexity index is 389. The number of hydrogen-bond acceptors (Lipinski definition) is 2. The van der Waals surface area contributed by atoms with Gasteiger partial charge < -0.3 is 5.32 Å². The predicted octanol–water partition coefficient (Wildman–Crippen LogP) is 2.86. The number of hydrazine groups is 1. The summed E-state index contributed by atoms with van der Waals surface area (Å²) in [6, 6.07) is 7.02. The van der Waals surface area contributed by atoms with E-state index < -0.39 is 0 Å². The van der Waals surface area contributed by atoms with Crippen molar-refractivity contribution in [1.82, 2.24) is 10.4 Å². The summed E-state index contributed by atoms with van der Waals surface area (Å²) in [6.45, 7) is 1.59. The SMILES string of the molecule is O=C(Nc1cccc(Cl)c1)N1CCCCCN1. The van der Waals surface area contributed by atoms with Gasteiger partial charge in [-0.25, -0.2) is 10.2 Å². The van der Waals surface area contributed by atoms with Crippen LogP contribution in [0, 0.1) is 0 Å². The first-order valence-corrected chi connectivity index (χ1v) is 6.21. The number of hydrogen-bond donors (Lipinski definition) is 2. The summed E-state index contributed by atoms with van der Waals surface area (Å²) in [6.07, 6.45) is 3.31. The molecule has 0 saturated carbocycles. The minimum absolute atomic E-state index is 0.130. The van der Waals surface area contributed by atoms with Crippen LogP contribution < -0.4 is 10.7 Å². The van der Waals surface area contributed by atoms with Crippen molar-refractivity contribution in [1.29, 1.82) is 0 Å². The summed E-state index contributed by atoms with van der Waals surface area (Å²) in [4.78, 5) is 11.9. The van der Waals surface area contributed by atoms with Crippen LogP contribution in [0.15, 0.2) is 24.3 Å². The van der Waals surface area contributed by atoms with Gasteiger partial charge in [0.1, 0.15) is 0 Å². The molecule has 4 nitrogen and oxygen atoms in total. The van der Waals surface area contributed by atoms with Crippen LogP contribution in [0.1, 0.15) is 19.3 Å². The molecule has 2 N–H and O–H groups in total. The lowest BCUT2D eigenvalue weighted by Gasteiger charge is -2.21. The molecule has 0 aliphatic carbocycles. The third-order valence-corrected chi connectivity index (χ3v) is 2.92. The van der Waals surface area contributed by atoms with Crippen molar-refractivity contribution < 1.29 is 4.79 Å². The molecule has 1 aromatic rings. The Labute approximate surface area is 106 Å². The zero-order chi connectivity index (χ0) is 12.1. The molecule has 5 heteroatoms. The van der Waals surface area contributed by atoms with Crippen LogP contribution in [0.3, 0.4) is 0 Å². The molecule has 1 aliphatic rings. The van der Waals surface area contributed by atoms with Gasteiger partial charge in [0.05, 0.1) is 0 Å². The van der Waals surface area contributed by atoms with E-state index in [4.69, 9.17) is 11.6 Å². The first kappa shape index (κ1) is 12.2. The van der Waals surface area contributed by atoms with Crippen LogP contribution in [0.4, 0.5) is 10.5 Å². The number of anilines is 1. The van der Waals surface area contributed by atoms with Gasteiger partial charge in [0, 0.05) is 23.8 Å². The average Bonchev–Trinajstić information content (AvgIpc) is 2.57. The van der Waals surface area contributed by atoms with Gasteiger partial charge in [0.2, 0.25) is 0 Å². The van der Waals surface area contributed by atoms with Crippen LogP contribution in [-0.4, -0.2) is 24.1 Å². The van der Waals surface area contributed by atoms with Gasteiger partial charge in [-0.1, -0.05) is 24.1 Å². The summed E-state index contributed by atoms with van der Waals surface area (Å²) in [7, 11) is 0. The van der Waals surface area contributed by atoms with E-state index in [2.05, 4.69) is 10.7 Å². The minimum Gasteiger partial charge on any atom is -0.307 e. The van der Waals surface area contributed by atoms with E-state index in [1.54, 1.807) is 17.1 Å². The molecule has 1 saturated heterocycles. The van der Waals surface area contributed by atoms with Crippen molar-refractivity contribution in [3.05, 3.63) is 29.3 Å². The molecule has 0 radical (unpaired) electrons. The van der Waals surface area contributed by atoms with E-state index >= 15 is 0 Å². The summed E-state index contributed by atoms with van der Waals surface area (Å²) < 4.78 is 0. The van der Waals surface area contributed by atoms with Crippen LogP contribution in [0.25, 0.3) is 0 Å². The lowest BCUT2D eigenvalue weighted by molar-refractivity contribution is 0.189. The number of carbonyl (C=O) groups is 1. The zero-order valence-corrected chi connectivity index (χ0v) is 10.3. The second-order valence-electron chi connectivity index (χ2n) is 4.06. The molecule has 0 unspecified atom stereocenters. The summed E-state index contributed by atoms with van der Waals surface area (Å²) in [5.41, 5.74) is 3.82. The smallest absolute Gasteiger partial charge is 0.307 e. The highest BCUT2D eigenvalue weighted by molar-refractivity contribution is 6.30. The standard InChI is InChI=1S/C12H16ClN3O/c13-10-5-4-6-11(9-10)15-12(17)16-8-3-1-2-7-14-16/h4-6,9,14H,1-3,7-8H2,(H,15,17). The van der Waals surface area contributed by atoms with E-state index in [-0.39, 0.29) is 6.03 Å². The number of amides is 2.